The molecule has 0 saturated carbocycles. The molecule has 0 rings (SSSR count). The predicted octanol–water partition coefficient (Wildman–Crippen LogP) is 2.19. The summed E-state index contributed by atoms with van der Waals surface area (Å²) in [5.41, 5.74) is 0.168. The van der Waals surface area contributed by atoms with Crippen LogP contribution in [-0.2, 0) is 9.53 Å². The summed E-state index contributed by atoms with van der Waals surface area (Å²) in [5.74, 6) is -0.0538. The van der Waals surface area contributed by atoms with Crippen molar-refractivity contribution in [1.82, 2.24) is 0 Å². The summed E-state index contributed by atoms with van der Waals surface area (Å²) in [5, 5.41) is 0. The van der Waals surface area contributed by atoms with Crippen LogP contribution in [-0.4, -0.2) is 19.0 Å². The molecule has 0 fully saturated rings. The first-order valence-electron chi connectivity index (χ1n) is 4.25. The van der Waals surface area contributed by atoms with E-state index in [9.17, 15) is 4.79 Å². The van der Waals surface area contributed by atoms with Gasteiger partial charge in [-0.1, -0.05) is 27.4 Å². The molecule has 0 spiro atoms. The summed E-state index contributed by atoms with van der Waals surface area (Å²) < 4.78 is 5.22. The molecular weight excluding hydrogens is 152 g/mol. The van der Waals surface area contributed by atoms with Gasteiger partial charge in [0.1, 0.15) is 6.61 Å². The molecule has 0 aromatic carbocycles. The molecule has 0 aromatic rings. The molecule has 0 heterocycles. The van der Waals surface area contributed by atoms with Crippen LogP contribution in [0.5, 0.6) is 0 Å². The van der Waals surface area contributed by atoms with Crippen LogP contribution >= 0.6 is 0 Å². The Morgan fingerprint density at radius 3 is 2.58 bits per heavy atom. The second kappa shape index (κ2) is 5.09. The van der Waals surface area contributed by atoms with E-state index in [-0.39, 0.29) is 17.8 Å². The van der Waals surface area contributed by atoms with Crippen LogP contribution in [0.3, 0.4) is 0 Å². The Balaban J connectivity index is 3.56. The van der Waals surface area contributed by atoms with Crippen LogP contribution in [0.4, 0.5) is 0 Å². The lowest BCUT2D eigenvalue weighted by Gasteiger charge is -2.21. The number of hydrogen-bond acceptors (Lipinski definition) is 2. The van der Waals surface area contributed by atoms with Crippen molar-refractivity contribution in [3.63, 3.8) is 0 Å². The molecule has 0 unspecified atom stereocenters. The van der Waals surface area contributed by atoms with Crippen LogP contribution < -0.4 is 0 Å². The standard InChI is InChI=1S/C10H18O2/c1-5-9(11)7-12-8-10(3,4)6-2/h5H,1,6-8H2,2-4H3. The molecule has 0 aliphatic heterocycles. The summed E-state index contributed by atoms with van der Waals surface area (Å²) in [4.78, 5) is 10.7. The molecule has 12 heavy (non-hydrogen) atoms. The molecule has 2 nitrogen and oxygen atoms in total. The number of hydrogen-bond donors (Lipinski definition) is 0. The van der Waals surface area contributed by atoms with E-state index in [4.69, 9.17) is 4.74 Å². The van der Waals surface area contributed by atoms with Gasteiger partial charge in [-0.15, -0.1) is 0 Å². The fourth-order valence-corrected chi connectivity index (χ4v) is 0.589. The van der Waals surface area contributed by atoms with Crippen molar-refractivity contribution in [3.8, 4) is 0 Å². The summed E-state index contributed by atoms with van der Waals surface area (Å²) in [6.45, 7) is 10.5. The summed E-state index contributed by atoms with van der Waals surface area (Å²) in [7, 11) is 0. The number of carbonyl (C=O) groups is 1. The highest BCUT2D eigenvalue weighted by Crippen LogP contribution is 2.19. The van der Waals surface area contributed by atoms with E-state index < -0.39 is 0 Å². The predicted molar refractivity (Wildman–Crippen MR) is 50.1 cm³/mol. The van der Waals surface area contributed by atoms with Crippen LogP contribution in [0.2, 0.25) is 0 Å². The number of ether oxygens (including phenoxy) is 1. The topological polar surface area (TPSA) is 26.3 Å². The Hall–Kier alpha value is -0.630. The van der Waals surface area contributed by atoms with Gasteiger partial charge in [-0.3, -0.25) is 4.79 Å². The van der Waals surface area contributed by atoms with E-state index in [1.807, 2.05) is 0 Å². The maximum Gasteiger partial charge on any atom is 0.180 e. The Bertz CT molecular complexity index is 159. The Morgan fingerprint density at radius 1 is 1.58 bits per heavy atom. The van der Waals surface area contributed by atoms with Gasteiger partial charge in [0.05, 0.1) is 6.61 Å². The zero-order valence-electron chi connectivity index (χ0n) is 8.22. The second-order valence-corrected chi connectivity index (χ2v) is 3.68. The average molecular weight is 170 g/mol. The van der Waals surface area contributed by atoms with Crippen molar-refractivity contribution in [2.24, 2.45) is 5.41 Å². The monoisotopic (exact) mass is 170 g/mol. The van der Waals surface area contributed by atoms with Crippen LogP contribution in [0.15, 0.2) is 12.7 Å². The lowest BCUT2D eigenvalue weighted by Crippen LogP contribution is -2.20. The van der Waals surface area contributed by atoms with Gasteiger partial charge in [0.25, 0.3) is 0 Å². The molecule has 0 aliphatic rings. The van der Waals surface area contributed by atoms with Gasteiger partial charge in [-0.05, 0) is 17.9 Å². The van der Waals surface area contributed by atoms with Crippen LogP contribution in [0.1, 0.15) is 27.2 Å². The third-order valence-corrected chi connectivity index (χ3v) is 1.92. The minimum absolute atomic E-state index is 0.0538. The quantitative estimate of drug-likeness (QED) is 0.571. The third kappa shape index (κ3) is 5.08. The highest BCUT2D eigenvalue weighted by molar-refractivity contribution is 5.90. The molecule has 0 radical (unpaired) electrons. The first kappa shape index (κ1) is 11.4. The van der Waals surface area contributed by atoms with E-state index >= 15 is 0 Å². The molecule has 0 amide bonds. The molecule has 70 valence electrons. The van der Waals surface area contributed by atoms with Gasteiger partial charge in [0, 0.05) is 0 Å². The van der Waals surface area contributed by atoms with E-state index in [2.05, 4.69) is 27.4 Å². The zero-order valence-corrected chi connectivity index (χ0v) is 8.22. The first-order chi connectivity index (χ1) is 5.52. The van der Waals surface area contributed by atoms with Gasteiger partial charge >= 0.3 is 0 Å². The SMILES string of the molecule is C=CC(=O)COCC(C)(C)CC. The minimum Gasteiger partial charge on any atom is -0.373 e. The van der Waals surface area contributed by atoms with Gasteiger partial charge in [-0.25, -0.2) is 0 Å². The van der Waals surface area contributed by atoms with Crippen molar-refractivity contribution < 1.29 is 9.53 Å². The van der Waals surface area contributed by atoms with Crippen LogP contribution in [0, 0.1) is 5.41 Å². The van der Waals surface area contributed by atoms with E-state index in [0.717, 1.165) is 6.42 Å². The van der Waals surface area contributed by atoms with Gasteiger partial charge in [0.15, 0.2) is 5.78 Å². The number of carbonyl (C=O) groups excluding carboxylic acids is 1. The number of rotatable bonds is 6. The largest absolute Gasteiger partial charge is 0.373 e. The van der Waals surface area contributed by atoms with Crippen molar-refractivity contribution >= 4 is 5.78 Å². The number of ketones is 1. The fraction of sp³-hybridized carbons (Fsp3) is 0.700. The summed E-state index contributed by atoms with van der Waals surface area (Å²) in [6, 6.07) is 0. The third-order valence-electron chi connectivity index (χ3n) is 1.92. The Kier molecular flexibility index (Phi) is 4.83. The lowest BCUT2D eigenvalue weighted by atomic mass is 9.92. The summed E-state index contributed by atoms with van der Waals surface area (Å²) in [6.07, 6.45) is 2.34. The molecule has 0 bridgehead atoms. The molecule has 0 N–H and O–H groups in total. The normalized spacial score (nSPS) is 11.2. The minimum atomic E-state index is -0.0538. The van der Waals surface area contributed by atoms with Crippen molar-refractivity contribution in [1.29, 1.82) is 0 Å². The second-order valence-electron chi connectivity index (χ2n) is 3.68. The highest BCUT2D eigenvalue weighted by Gasteiger charge is 2.15. The molecule has 0 aromatic heterocycles. The lowest BCUT2D eigenvalue weighted by molar-refractivity contribution is -0.119. The van der Waals surface area contributed by atoms with Gasteiger partial charge in [0.2, 0.25) is 0 Å². The summed E-state index contributed by atoms with van der Waals surface area (Å²) >= 11 is 0. The van der Waals surface area contributed by atoms with Crippen LogP contribution in [0.25, 0.3) is 0 Å². The van der Waals surface area contributed by atoms with E-state index in [1.54, 1.807) is 0 Å². The van der Waals surface area contributed by atoms with E-state index in [1.165, 1.54) is 6.08 Å². The van der Waals surface area contributed by atoms with Crippen molar-refractivity contribution in [3.05, 3.63) is 12.7 Å². The Morgan fingerprint density at radius 2 is 2.17 bits per heavy atom. The first-order valence-corrected chi connectivity index (χ1v) is 4.25. The maximum absolute atomic E-state index is 10.7. The highest BCUT2D eigenvalue weighted by atomic mass is 16.5. The molecular formula is C10H18O2. The maximum atomic E-state index is 10.7. The van der Waals surface area contributed by atoms with E-state index in [0.29, 0.717) is 6.61 Å². The average Bonchev–Trinajstić information content (AvgIpc) is 2.04. The van der Waals surface area contributed by atoms with Crippen molar-refractivity contribution in [2.75, 3.05) is 13.2 Å². The smallest absolute Gasteiger partial charge is 0.180 e. The zero-order chi connectivity index (χ0) is 9.61. The van der Waals surface area contributed by atoms with Gasteiger partial charge in [-0.2, -0.15) is 0 Å². The molecule has 2 heteroatoms. The molecule has 0 atom stereocenters. The van der Waals surface area contributed by atoms with Gasteiger partial charge < -0.3 is 4.74 Å². The van der Waals surface area contributed by atoms with Crippen molar-refractivity contribution in [2.45, 2.75) is 27.2 Å². The molecule has 0 aliphatic carbocycles. The fourth-order valence-electron chi connectivity index (χ4n) is 0.589. The molecule has 0 saturated heterocycles. The Labute approximate surface area is 74.6 Å².